The Balaban J connectivity index is 1.74. The third kappa shape index (κ3) is 4.06. The molecule has 3 nitrogen and oxygen atoms in total. The molecule has 0 bridgehead atoms. The molecular weight excluding hydrogens is 407 g/mol. The molecule has 1 amide bonds. The second kappa shape index (κ2) is 7.76. The fourth-order valence-corrected chi connectivity index (χ4v) is 3.18. The zero-order valence-electron chi connectivity index (χ0n) is 13.0. The average molecular weight is 420 g/mol. The highest BCUT2D eigenvalue weighted by Crippen LogP contribution is 2.27. The highest BCUT2D eigenvalue weighted by Gasteiger charge is 2.09. The first-order chi connectivity index (χ1) is 12.1. The largest absolute Gasteiger partial charge is 0.273 e. The topological polar surface area (TPSA) is 41.5 Å². The Kier molecular flexibility index (Phi) is 5.46. The van der Waals surface area contributed by atoms with Crippen molar-refractivity contribution in [3.05, 3.63) is 81.0 Å². The zero-order chi connectivity index (χ0) is 17.8. The maximum atomic E-state index is 13.6. The average Bonchev–Trinajstić information content (AvgIpc) is 2.60. The summed E-state index contributed by atoms with van der Waals surface area (Å²) in [5.41, 5.74) is 3.43. The molecule has 0 heterocycles. The van der Waals surface area contributed by atoms with Crippen LogP contribution in [0.4, 0.5) is 4.39 Å². The monoisotopic (exact) mass is 418 g/mol. The molecule has 126 valence electrons. The number of hydrogen-bond acceptors (Lipinski definition) is 2. The van der Waals surface area contributed by atoms with E-state index >= 15 is 0 Å². The SMILES string of the molecule is O=C(Cc1ccc(Br)c2ccccc12)N/N=C/c1c(F)cccc1Cl. The van der Waals surface area contributed by atoms with Crippen LogP contribution in [-0.2, 0) is 11.2 Å². The molecule has 3 aromatic carbocycles. The lowest BCUT2D eigenvalue weighted by atomic mass is 10.0. The van der Waals surface area contributed by atoms with Crippen LogP contribution in [0, 0.1) is 5.82 Å². The van der Waals surface area contributed by atoms with Crippen molar-refractivity contribution < 1.29 is 9.18 Å². The summed E-state index contributed by atoms with van der Waals surface area (Å²) in [6, 6.07) is 16.0. The summed E-state index contributed by atoms with van der Waals surface area (Å²) in [5, 5.41) is 6.06. The third-order valence-corrected chi connectivity index (χ3v) is 4.72. The Hall–Kier alpha value is -2.24. The highest BCUT2D eigenvalue weighted by atomic mass is 79.9. The number of hydrogen-bond donors (Lipinski definition) is 1. The molecule has 0 aliphatic carbocycles. The lowest BCUT2D eigenvalue weighted by Crippen LogP contribution is -2.20. The standard InChI is InChI=1S/C19H13BrClFN2O/c20-16-9-8-12(13-4-1-2-5-14(13)16)10-19(25)24-23-11-15-17(21)6-3-7-18(15)22/h1-9,11H,10H2,(H,24,25)/b23-11+. The van der Waals surface area contributed by atoms with Crippen molar-refractivity contribution in [2.45, 2.75) is 6.42 Å². The molecule has 0 atom stereocenters. The van der Waals surface area contributed by atoms with Gasteiger partial charge < -0.3 is 0 Å². The molecule has 3 aromatic rings. The summed E-state index contributed by atoms with van der Waals surface area (Å²) in [4.78, 5) is 12.1. The zero-order valence-corrected chi connectivity index (χ0v) is 15.3. The van der Waals surface area contributed by atoms with Crippen molar-refractivity contribution in [3.63, 3.8) is 0 Å². The molecule has 0 fully saturated rings. The number of amides is 1. The van der Waals surface area contributed by atoms with Crippen molar-refractivity contribution in [3.8, 4) is 0 Å². The summed E-state index contributed by atoms with van der Waals surface area (Å²) in [5.74, 6) is -0.791. The van der Waals surface area contributed by atoms with Gasteiger partial charge in [0.1, 0.15) is 5.82 Å². The van der Waals surface area contributed by atoms with Gasteiger partial charge in [-0.3, -0.25) is 4.79 Å². The number of nitrogens with zero attached hydrogens (tertiary/aromatic N) is 1. The van der Waals surface area contributed by atoms with Gasteiger partial charge in [-0.05, 0) is 34.5 Å². The van der Waals surface area contributed by atoms with E-state index < -0.39 is 5.82 Å². The minimum Gasteiger partial charge on any atom is -0.273 e. The van der Waals surface area contributed by atoms with Crippen molar-refractivity contribution in [2.24, 2.45) is 5.10 Å². The molecule has 0 aromatic heterocycles. The van der Waals surface area contributed by atoms with E-state index in [-0.39, 0.29) is 22.9 Å². The van der Waals surface area contributed by atoms with Crippen LogP contribution in [0.5, 0.6) is 0 Å². The predicted molar refractivity (Wildman–Crippen MR) is 102 cm³/mol. The first-order valence-corrected chi connectivity index (χ1v) is 8.65. The van der Waals surface area contributed by atoms with Crippen LogP contribution in [0.1, 0.15) is 11.1 Å². The van der Waals surface area contributed by atoms with Gasteiger partial charge >= 0.3 is 0 Å². The van der Waals surface area contributed by atoms with Gasteiger partial charge in [-0.15, -0.1) is 0 Å². The smallest absolute Gasteiger partial charge is 0.244 e. The van der Waals surface area contributed by atoms with Crippen LogP contribution in [0.3, 0.4) is 0 Å². The van der Waals surface area contributed by atoms with E-state index in [2.05, 4.69) is 26.5 Å². The number of hydrazone groups is 1. The van der Waals surface area contributed by atoms with Crippen LogP contribution in [-0.4, -0.2) is 12.1 Å². The van der Waals surface area contributed by atoms with Crippen LogP contribution >= 0.6 is 27.5 Å². The Bertz CT molecular complexity index is 955. The summed E-state index contributed by atoms with van der Waals surface area (Å²) in [6.07, 6.45) is 1.37. The molecule has 0 aliphatic rings. The van der Waals surface area contributed by atoms with E-state index in [0.717, 1.165) is 20.8 Å². The molecule has 0 radical (unpaired) electrons. The van der Waals surface area contributed by atoms with Gasteiger partial charge in [-0.2, -0.15) is 5.10 Å². The lowest BCUT2D eigenvalue weighted by Gasteiger charge is -2.07. The minimum absolute atomic E-state index is 0.138. The number of carbonyl (C=O) groups is 1. The molecule has 0 saturated heterocycles. The number of nitrogens with one attached hydrogen (secondary N) is 1. The van der Waals surface area contributed by atoms with Gasteiger partial charge in [-0.1, -0.05) is 63.9 Å². The van der Waals surface area contributed by atoms with Gasteiger partial charge in [0, 0.05) is 10.0 Å². The summed E-state index contributed by atoms with van der Waals surface area (Å²) >= 11 is 9.41. The van der Waals surface area contributed by atoms with E-state index in [1.165, 1.54) is 18.3 Å². The molecular formula is C19H13BrClFN2O. The van der Waals surface area contributed by atoms with E-state index in [9.17, 15) is 9.18 Å². The van der Waals surface area contributed by atoms with Gasteiger partial charge in [0.15, 0.2) is 0 Å². The lowest BCUT2D eigenvalue weighted by molar-refractivity contribution is -0.120. The van der Waals surface area contributed by atoms with Crippen LogP contribution in [0.15, 0.2) is 64.2 Å². The molecule has 25 heavy (non-hydrogen) atoms. The van der Waals surface area contributed by atoms with Crippen molar-refractivity contribution >= 4 is 50.4 Å². The van der Waals surface area contributed by atoms with Crippen molar-refractivity contribution in [1.82, 2.24) is 5.43 Å². The number of carbonyl (C=O) groups excluding carboxylic acids is 1. The second-order valence-corrected chi connectivity index (χ2v) is 6.62. The first-order valence-electron chi connectivity index (χ1n) is 7.48. The number of rotatable bonds is 4. The van der Waals surface area contributed by atoms with Crippen molar-refractivity contribution in [2.75, 3.05) is 0 Å². The summed E-state index contributed by atoms with van der Waals surface area (Å²) < 4.78 is 14.6. The predicted octanol–water partition coefficient (Wildman–Crippen LogP) is 5.09. The molecule has 0 aliphatic heterocycles. The van der Waals surface area contributed by atoms with Crippen LogP contribution < -0.4 is 5.43 Å². The van der Waals surface area contributed by atoms with Gasteiger partial charge in [0.25, 0.3) is 0 Å². The fourth-order valence-electron chi connectivity index (χ4n) is 2.49. The van der Waals surface area contributed by atoms with Gasteiger partial charge in [-0.25, -0.2) is 9.82 Å². The Labute approximate surface area is 157 Å². The highest BCUT2D eigenvalue weighted by molar-refractivity contribution is 9.10. The van der Waals surface area contributed by atoms with E-state index in [4.69, 9.17) is 11.6 Å². The molecule has 1 N–H and O–H groups in total. The Morgan fingerprint density at radius 3 is 2.64 bits per heavy atom. The van der Waals surface area contributed by atoms with E-state index in [0.29, 0.717) is 0 Å². The maximum absolute atomic E-state index is 13.6. The molecule has 3 rings (SSSR count). The molecule has 6 heteroatoms. The Morgan fingerprint density at radius 1 is 1.12 bits per heavy atom. The second-order valence-electron chi connectivity index (χ2n) is 5.36. The fraction of sp³-hybridized carbons (Fsp3) is 0.0526. The van der Waals surface area contributed by atoms with Crippen LogP contribution in [0.25, 0.3) is 10.8 Å². The first kappa shape index (κ1) is 17.6. The summed E-state index contributed by atoms with van der Waals surface area (Å²) in [7, 11) is 0. The Morgan fingerprint density at radius 2 is 1.88 bits per heavy atom. The normalized spacial score (nSPS) is 11.2. The number of fused-ring (bicyclic) bond motifs is 1. The third-order valence-electron chi connectivity index (χ3n) is 3.69. The van der Waals surface area contributed by atoms with Crippen LogP contribution in [0.2, 0.25) is 5.02 Å². The van der Waals surface area contributed by atoms with Gasteiger partial charge in [0.2, 0.25) is 5.91 Å². The van der Waals surface area contributed by atoms with Crippen molar-refractivity contribution in [1.29, 1.82) is 0 Å². The quantitative estimate of drug-likeness (QED) is 0.464. The number of benzene rings is 3. The molecule has 0 unspecified atom stereocenters. The van der Waals surface area contributed by atoms with E-state index in [1.807, 2.05) is 36.4 Å². The minimum atomic E-state index is -0.496. The van der Waals surface area contributed by atoms with E-state index in [1.54, 1.807) is 6.07 Å². The maximum Gasteiger partial charge on any atom is 0.244 e. The molecule has 0 spiro atoms. The molecule has 0 saturated carbocycles. The number of halogens is 3. The summed E-state index contributed by atoms with van der Waals surface area (Å²) in [6.45, 7) is 0. The van der Waals surface area contributed by atoms with Gasteiger partial charge in [0.05, 0.1) is 17.7 Å².